The van der Waals surface area contributed by atoms with E-state index in [4.69, 9.17) is 27.9 Å². The third kappa shape index (κ3) is 2.97. The van der Waals surface area contributed by atoms with Crippen molar-refractivity contribution in [1.29, 1.82) is 0 Å². The van der Waals surface area contributed by atoms with Crippen LogP contribution >= 0.6 is 23.2 Å². The maximum Gasteiger partial charge on any atom is 0.243 e. The van der Waals surface area contributed by atoms with Crippen molar-refractivity contribution in [3.8, 4) is 5.75 Å². The van der Waals surface area contributed by atoms with Crippen molar-refractivity contribution >= 4 is 44.6 Å². The molecule has 24 heavy (non-hydrogen) atoms. The van der Waals surface area contributed by atoms with E-state index in [9.17, 15) is 13.2 Å². The van der Waals surface area contributed by atoms with Gasteiger partial charge in [0.15, 0.2) is 15.2 Å². The fraction of sp³-hybridized carbons (Fsp3) is 0.188. The Kier molecular flexibility index (Phi) is 4.46. The zero-order valence-corrected chi connectivity index (χ0v) is 14.9. The second kappa shape index (κ2) is 6.27. The molecular formula is C16H13Cl2NO4S. The maximum atomic E-state index is 12.5. The van der Waals surface area contributed by atoms with Gasteiger partial charge in [-0.2, -0.15) is 0 Å². The van der Waals surface area contributed by atoms with Crippen LogP contribution in [-0.2, 0) is 14.6 Å². The number of rotatable bonds is 3. The van der Waals surface area contributed by atoms with Crippen LogP contribution < -0.4 is 9.64 Å². The number of anilines is 1. The Balaban J connectivity index is 2.11. The van der Waals surface area contributed by atoms with Crippen LogP contribution in [0.1, 0.15) is 10.9 Å². The summed E-state index contributed by atoms with van der Waals surface area (Å²) in [4.78, 5) is 13.6. The Morgan fingerprint density at radius 3 is 2.33 bits per heavy atom. The van der Waals surface area contributed by atoms with Crippen LogP contribution in [0.25, 0.3) is 0 Å². The largest absolute Gasteiger partial charge is 0.497 e. The Morgan fingerprint density at radius 1 is 1.08 bits per heavy atom. The molecule has 8 heteroatoms. The van der Waals surface area contributed by atoms with Crippen LogP contribution in [0.4, 0.5) is 5.69 Å². The molecule has 1 amide bonds. The van der Waals surface area contributed by atoms with Crippen molar-refractivity contribution in [3.05, 3.63) is 58.1 Å². The summed E-state index contributed by atoms with van der Waals surface area (Å²) in [7, 11) is -2.15. The monoisotopic (exact) mass is 385 g/mol. The van der Waals surface area contributed by atoms with E-state index in [1.54, 1.807) is 30.3 Å². The molecule has 1 aliphatic heterocycles. The summed E-state index contributed by atoms with van der Waals surface area (Å²) < 4.78 is 30.1. The molecule has 0 unspecified atom stereocenters. The van der Waals surface area contributed by atoms with E-state index in [0.29, 0.717) is 22.0 Å². The number of benzene rings is 2. The van der Waals surface area contributed by atoms with Crippen molar-refractivity contribution in [3.63, 3.8) is 0 Å². The number of methoxy groups -OCH3 is 1. The average molecular weight is 386 g/mol. The molecule has 1 heterocycles. The number of sulfone groups is 1. The molecule has 0 N–H and O–H groups in total. The lowest BCUT2D eigenvalue weighted by Gasteiger charge is -2.24. The first-order valence-electron chi connectivity index (χ1n) is 6.96. The molecule has 0 aromatic heterocycles. The van der Waals surface area contributed by atoms with Crippen LogP contribution in [0, 0.1) is 0 Å². The van der Waals surface area contributed by atoms with Gasteiger partial charge in [0.2, 0.25) is 5.91 Å². The van der Waals surface area contributed by atoms with Crippen LogP contribution in [-0.4, -0.2) is 27.2 Å². The summed E-state index contributed by atoms with van der Waals surface area (Å²) in [5.41, 5.74) is 0.865. The summed E-state index contributed by atoms with van der Waals surface area (Å²) in [6.45, 7) is 0. The highest BCUT2D eigenvalue weighted by atomic mass is 35.5. The van der Waals surface area contributed by atoms with Crippen LogP contribution in [0.2, 0.25) is 10.0 Å². The highest BCUT2D eigenvalue weighted by molar-refractivity contribution is 7.93. The van der Waals surface area contributed by atoms with Crippen molar-refractivity contribution < 1.29 is 17.9 Å². The molecule has 3 rings (SSSR count). The maximum absolute atomic E-state index is 12.5. The fourth-order valence-corrected chi connectivity index (χ4v) is 4.72. The van der Waals surface area contributed by atoms with Gasteiger partial charge in [0.25, 0.3) is 0 Å². The fourth-order valence-electron chi connectivity index (χ4n) is 2.65. The predicted molar refractivity (Wildman–Crippen MR) is 93.5 cm³/mol. The minimum atomic E-state index is -3.67. The number of carbonyl (C=O) groups excluding carboxylic acids is 1. The molecule has 0 bridgehead atoms. The van der Waals surface area contributed by atoms with Crippen LogP contribution in [0.3, 0.4) is 0 Å². The van der Waals surface area contributed by atoms with E-state index >= 15 is 0 Å². The number of hydrogen-bond acceptors (Lipinski definition) is 4. The summed E-state index contributed by atoms with van der Waals surface area (Å²) in [6, 6.07) is 11.2. The van der Waals surface area contributed by atoms with Gasteiger partial charge in [-0.05, 0) is 35.9 Å². The molecule has 1 saturated heterocycles. The molecule has 1 fully saturated rings. The molecule has 1 atom stereocenters. The van der Waals surface area contributed by atoms with E-state index < -0.39 is 26.9 Å². The van der Waals surface area contributed by atoms with Crippen molar-refractivity contribution in [2.24, 2.45) is 0 Å². The van der Waals surface area contributed by atoms with E-state index in [-0.39, 0.29) is 5.02 Å². The number of carbonyl (C=O) groups is 1. The minimum absolute atomic E-state index is 0.250. The highest BCUT2D eigenvalue weighted by Crippen LogP contribution is 2.39. The zero-order chi connectivity index (χ0) is 17.5. The Hall–Kier alpha value is -1.76. The smallest absolute Gasteiger partial charge is 0.243 e. The van der Waals surface area contributed by atoms with Gasteiger partial charge < -0.3 is 4.74 Å². The van der Waals surface area contributed by atoms with Gasteiger partial charge in [0.05, 0.1) is 17.2 Å². The SMILES string of the molecule is COc1ccc([C@H]2N(c3ccc(Cl)c(Cl)c3)C(=O)CS2(=O)=O)cc1. The van der Waals surface area contributed by atoms with Gasteiger partial charge in [-0.25, -0.2) is 8.42 Å². The molecule has 2 aromatic rings. The minimum Gasteiger partial charge on any atom is -0.497 e. The number of ether oxygens (including phenoxy) is 1. The average Bonchev–Trinajstić information content (AvgIpc) is 2.79. The molecule has 0 aliphatic carbocycles. The summed E-state index contributed by atoms with van der Waals surface area (Å²) in [5, 5.41) is -0.524. The molecule has 1 aliphatic rings. The topological polar surface area (TPSA) is 63.7 Å². The summed E-state index contributed by atoms with van der Waals surface area (Å²) >= 11 is 11.9. The lowest BCUT2D eigenvalue weighted by Crippen LogP contribution is -2.29. The van der Waals surface area contributed by atoms with E-state index in [1.165, 1.54) is 24.1 Å². The van der Waals surface area contributed by atoms with E-state index in [1.807, 2.05) is 0 Å². The van der Waals surface area contributed by atoms with Crippen LogP contribution in [0.15, 0.2) is 42.5 Å². The van der Waals surface area contributed by atoms with Gasteiger partial charge in [-0.3, -0.25) is 9.69 Å². The molecule has 0 saturated carbocycles. The number of hydrogen-bond donors (Lipinski definition) is 0. The molecule has 126 valence electrons. The zero-order valence-electron chi connectivity index (χ0n) is 12.6. The van der Waals surface area contributed by atoms with Gasteiger partial charge in [-0.1, -0.05) is 35.3 Å². The summed E-state index contributed by atoms with van der Waals surface area (Å²) in [5.74, 6) is -0.458. The highest BCUT2D eigenvalue weighted by Gasteiger charge is 2.45. The molecule has 5 nitrogen and oxygen atoms in total. The van der Waals surface area contributed by atoms with Crippen molar-refractivity contribution in [1.82, 2.24) is 0 Å². The van der Waals surface area contributed by atoms with Gasteiger partial charge in [0.1, 0.15) is 11.5 Å². The third-order valence-corrected chi connectivity index (χ3v) is 6.30. The second-order valence-electron chi connectivity index (χ2n) is 5.29. The first-order valence-corrected chi connectivity index (χ1v) is 9.43. The van der Waals surface area contributed by atoms with E-state index in [0.717, 1.165) is 0 Å². The van der Waals surface area contributed by atoms with Gasteiger partial charge >= 0.3 is 0 Å². The third-order valence-electron chi connectivity index (χ3n) is 3.75. The Morgan fingerprint density at radius 2 is 1.75 bits per heavy atom. The Bertz CT molecular complexity index is 897. The van der Waals surface area contributed by atoms with Crippen molar-refractivity contribution in [2.45, 2.75) is 5.37 Å². The van der Waals surface area contributed by atoms with Crippen LogP contribution in [0.5, 0.6) is 5.75 Å². The standard InChI is InChI=1S/C16H13Cl2NO4S/c1-23-12-5-2-10(3-6-12)16-19(15(20)9-24(16,21)22)11-4-7-13(17)14(18)8-11/h2-8,16H,9H2,1H3/t16-/m0/s1. The lowest BCUT2D eigenvalue weighted by molar-refractivity contribution is -0.115. The first-order chi connectivity index (χ1) is 11.3. The lowest BCUT2D eigenvalue weighted by atomic mass is 10.2. The summed E-state index contributed by atoms with van der Waals surface area (Å²) in [6.07, 6.45) is 0. The molecule has 2 aromatic carbocycles. The van der Waals surface area contributed by atoms with Gasteiger partial charge in [-0.15, -0.1) is 0 Å². The number of halogens is 2. The van der Waals surface area contributed by atoms with Gasteiger partial charge in [0, 0.05) is 5.69 Å². The predicted octanol–water partition coefficient (Wildman–Crippen LogP) is 3.46. The number of amides is 1. The second-order valence-corrected chi connectivity index (χ2v) is 8.17. The molecule has 0 radical (unpaired) electrons. The van der Waals surface area contributed by atoms with E-state index in [2.05, 4.69) is 0 Å². The van der Waals surface area contributed by atoms with Crippen molar-refractivity contribution in [2.75, 3.05) is 17.8 Å². The number of nitrogens with zero attached hydrogens (tertiary/aromatic N) is 1. The first kappa shape index (κ1) is 17.1. The Labute approximate surface area is 149 Å². The quantitative estimate of drug-likeness (QED) is 0.811. The molecule has 0 spiro atoms. The normalized spacial score (nSPS) is 19.5. The molecular weight excluding hydrogens is 373 g/mol.